The van der Waals surface area contributed by atoms with E-state index >= 15 is 0 Å². The molecule has 24 heavy (non-hydrogen) atoms. The molecular weight excluding hydrogens is 304 g/mol. The number of methoxy groups -OCH3 is 1. The molecule has 0 aliphatic heterocycles. The highest BCUT2D eigenvalue weighted by Crippen LogP contribution is 2.28. The summed E-state index contributed by atoms with van der Waals surface area (Å²) in [6.45, 7) is 0. The van der Waals surface area contributed by atoms with Crippen LogP contribution in [0.1, 0.15) is 10.4 Å². The van der Waals surface area contributed by atoms with Crippen LogP contribution in [-0.4, -0.2) is 13.0 Å². The van der Waals surface area contributed by atoms with Gasteiger partial charge in [0.2, 0.25) is 0 Å². The highest BCUT2D eigenvalue weighted by molar-refractivity contribution is 6.05. The van der Waals surface area contributed by atoms with Gasteiger partial charge < -0.3 is 15.4 Å². The summed E-state index contributed by atoms with van der Waals surface area (Å²) in [6, 6.07) is 17.4. The van der Waals surface area contributed by atoms with Crippen LogP contribution in [0.25, 0.3) is 0 Å². The molecule has 0 saturated carbocycles. The van der Waals surface area contributed by atoms with E-state index in [1.807, 2.05) is 6.07 Å². The number of anilines is 2. The van der Waals surface area contributed by atoms with E-state index in [-0.39, 0.29) is 11.5 Å². The number of hydrogen-bond donors (Lipinski definition) is 2. The number of carbonyl (C=O) groups is 1. The van der Waals surface area contributed by atoms with Gasteiger partial charge in [0.05, 0.1) is 12.8 Å². The van der Waals surface area contributed by atoms with Crippen molar-refractivity contribution in [2.75, 3.05) is 17.7 Å². The maximum Gasteiger partial charge on any atom is 0.255 e. The zero-order valence-electron chi connectivity index (χ0n) is 12.9. The number of rotatable bonds is 5. The zero-order valence-corrected chi connectivity index (χ0v) is 12.9. The summed E-state index contributed by atoms with van der Waals surface area (Å²) < 4.78 is 5.24. The van der Waals surface area contributed by atoms with Crippen molar-refractivity contribution in [3.63, 3.8) is 0 Å². The van der Waals surface area contributed by atoms with E-state index in [1.54, 1.807) is 54.6 Å². The molecule has 1 amide bonds. The lowest BCUT2D eigenvalue weighted by Crippen LogP contribution is -2.12. The summed E-state index contributed by atoms with van der Waals surface area (Å²) in [4.78, 5) is 12.3. The Hall–Kier alpha value is -3.77. The second-order valence-corrected chi connectivity index (χ2v) is 4.66. The number of benzene rings is 2. The summed E-state index contributed by atoms with van der Waals surface area (Å²) in [5, 5.41) is 23.1. The van der Waals surface area contributed by atoms with Gasteiger partial charge in [0.25, 0.3) is 5.91 Å². The van der Waals surface area contributed by atoms with E-state index in [0.29, 0.717) is 22.7 Å². The minimum absolute atomic E-state index is 0.0549. The lowest BCUT2D eigenvalue weighted by atomic mass is 10.2. The average Bonchev–Trinajstić information content (AvgIpc) is 2.63. The molecule has 0 spiro atoms. The number of ether oxygens (including phenoxy) is 1. The van der Waals surface area contributed by atoms with E-state index in [9.17, 15) is 4.79 Å². The molecule has 118 valence electrons. The third kappa shape index (κ3) is 4.12. The second kappa shape index (κ2) is 8.02. The Morgan fingerprint density at radius 2 is 1.83 bits per heavy atom. The van der Waals surface area contributed by atoms with Gasteiger partial charge in [-0.3, -0.25) is 4.79 Å². The number of hydrogen-bond acceptors (Lipinski definition) is 5. The van der Waals surface area contributed by atoms with Crippen LogP contribution in [0.4, 0.5) is 11.4 Å². The third-order valence-electron chi connectivity index (χ3n) is 3.11. The number of nitrogens with zero attached hydrogens (tertiary/aromatic N) is 2. The topological polar surface area (TPSA) is 97.9 Å². The normalized spacial score (nSPS) is 9.12. The van der Waals surface area contributed by atoms with E-state index < -0.39 is 0 Å². The Bertz CT molecular complexity index is 830. The number of nitriles is 2. The molecule has 2 N–H and O–H groups in total. The standard InChI is InChI=1S/C18H14N4O2/c1-24-17-8-7-15(21-12-13(10-19)11-20)9-16(17)22-18(23)14-5-3-2-4-6-14/h2-9,12,21H,1H3,(H,22,23). The van der Waals surface area contributed by atoms with Crippen molar-refractivity contribution in [3.05, 3.63) is 65.9 Å². The van der Waals surface area contributed by atoms with Gasteiger partial charge in [0.1, 0.15) is 23.5 Å². The molecular formula is C18H14N4O2. The predicted molar refractivity (Wildman–Crippen MR) is 90.3 cm³/mol. The molecule has 0 fully saturated rings. The SMILES string of the molecule is COc1ccc(NC=C(C#N)C#N)cc1NC(=O)c1ccccc1. The molecule has 0 aliphatic carbocycles. The van der Waals surface area contributed by atoms with Gasteiger partial charge in [-0.15, -0.1) is 0 Å². The van der Waals surface area contributed by atoms with Gasteiger partial charge in [-0.25, -0.2) is 0 Å². The molecule has 2 aromatic carbocycles. The molecule has 0 unspecified atom stereocenters. The van der Waals surface area contributed by atoms with Crippen molar-refractivity contribution in [1.29, 1.82) is 10.5 Å². The Morgan fingerprint density at radius 1 is 1.12 bits per heavy atom. The smallest absolute Gasteiger partial charge is 0.255 e. The largest absolute Gasteiger partial charge is 0.495 e. The van der Waals surface area contributed by atoms with Gasteiger partial charge >= 0.3 is 0 Å². The molecule has 0 bridgehead atoms. The molecule has 2 aromatic rings. The zero-order chi connectivity index (χ0) is 17.4. The second-order valence-electron chi connectivity index (χ2n) is 4.66. The molecule has 6 heteroatoms. The molecule has 6 nitrogen and oxygen atoms in total. The third-order valence-corrected chi connectivity index (χ3v) is 3.11. The first-order chi connectivity index (χ1) is 11.7. The van der Waals surface area contributed by atoms with Gasteiger partial charge in [0.15, 0.2) is 0 Å². The van der Waals surface area contributed by atoms with Crippen molar-refractivity contribution in [1.82, 2.24) is 0 Å². The molecule has 0 saturated heterocycles. The van der Waals surface area contributed by atoms with E-state index in [4.69, 9.17) is 15.3 Å². The Morgan fingerprint density at radius 3 is 2.46 bits per heavy atom. The Kier molecular flexibility index (Phi) is 5.55. The number of allylic oxidation sites excluding steroid dienone is 1. The quantitative estimate of drug-likeness (QED) is 0.824. The van der Waals surface area contributed by atoms with Crippen molar-refractivity contribution >= 4 is 17.3 Å². The molecule has 0 heterocycles. The van der Waals surface area contributed by atoms with Crippen LogP contribution in [0.2, 0.25) is 0 Å². The van der Waals surface area contributed by atoms with Crippen LogP contribution >= 0.6 is 0 Å². The van der Waals surface area contributed by atoms with E-state index in [1.165, 1.54) is 13.3 Å². The van der Waals surface area contributed by atoms with Crippen molar-refractivity contribution in [3.8, 4) is 17.9 Å². The van der Waals surface area contributed by atoms with Crippen LogP contribution in [0.5, 0.6) is 5.75 Å². The minimum atomic E-state index is -0.267. The van der Waals surface area contributed by atoms with Crippen molar-refractivity contribution < 1.29 is 9.53 Å². The monoisotopic (exact) mass is 318 g/mol. The first-order valence-corrected chi connectivity index (χ1v) is 6.99. The van der Waals surface area contributed by atoms with Crippen LogP contribution in [0, 0.1) is 22.7 Å². The Balaban J connectivity index is 2.24. The summed E-state index contributed by atoms with van der Waals surface area (Å²) in [5.41, 5.74) is 1.54. The lowest BCUT2D eigenvalue weighted by molar-refractivity contribution is 0.102. The highest BCUT2D eigenvalue weighted by Gasteiger charge is 2.10. The van der Waals surface area contributed by atoms with Crippen LogP contribution in [0.3, 0.4) is 0 Å². The van der Waals surface area contributed by atoms with E-state index in [2.05, 4.69) is 10.6 Å². The number of carbonyl (C=O) groups excluding carboxylic acids is 1. The summed E-state index contributed by atoms with van der Waals surface area (Å²) in [6.07, 6.45) is 1.30. The van der Waals surface area contributed by atoms with Gasteiger partial charge in [-0.1, -0.05) is 18.2 Å². The summed E-state index contributed by atoms with van der Waals surface area (Å²) >= 11 is 0. The van der Waals surface area contributed by atoms with Crippen LogP contribution in [-0.2, 0) is 0 Å². The van der Waals surface area contributed by atoms with Crippen molar-refractivity contribution in [2.45, 2.75) is 0 Å². The highest BCUT2D eigenvalue weighted by atomic mass is 16.5. The van der Waals surface area contributed by atoms with E-state index in [0.717, 1.165) is 0 Å². The van der Waals surface area contributed by atoms with Crippen molar-refractivity contribution in [2.24, 2.45) is 0 Å². The minimum Gasteiger partial charge on any atom is -0.495 e. The molecule has 0 atom stereocenters. The molecule has 0 radical (unpaired) electrons. The van der Waals surface area contributed by atoms with Gasteiger partial charge in [0, 0.05) is 17.5 Å². The fourth-order valence-electron chi connectivity index (χ4n) is 1.92. The number of amides is 1. The molecule has 0 aliphatic rings. The summed E-state index contributed by atoms with van der Waals surface area (Å²) in [5.74, 6) is 0.228. The molecule has 0 aromatic heterocycles. The van der Waals surface area contributed by atoms with Gasteiger partial charge in [-0.2, -0.15) is 10.5 Å². The fourth-order valence-corrected chi connectivity index (χ4v) is 1.92. The summed E-state index contributed by atoms with van der Waals surface area (Å²) in [7, 11) is 1.50. The maximum absolute atomic E-state index is 12.3. The first-order valence-electron chi connectivity index (χ1n) is 6.99. The maximum atomic E-state index is 12.3. The van der Waals surface area contributed by atoms with Gasteiger partial charge in [-0.05, 0) is 30.3 Å². The van der Waals surface area contributed by atoms with Crippen LogP contribution < -0.4 is 15.4 Å². The Labute approximate surface area is 139 Å². The molecule has 2 rings (SSSR count). The van der Waals surface area contributed by atoms with Crippen LogP contribution in [0.15, 0.2) is 60.3 Å². The average molecular weight is 318 g/mol. The number of nitrogens with one attached hydrogen (secondary N) is 2. The predicted octanol–water partition coefficient (Wildman–Crippen LogP) is 3.29. The first kappa shape index (κ1) is 16.6. The fraction of sp³-hybridized carbons (Fsp3) is 0.0556. The lowest BCUT2D eigenvalue weighted by Gasteiger charge is -2.12.